The van der Waals surface area contributed by atoms with E-state index in [1.165, 1.54) is 30.0 Å². The van der Waals surface area contributed by atoms with Crippen LogP contribution in [-0.2, 0) is 10.0 Å². The normalized spacial score (nSPS) is 17.7. The molecule has 1 saturated carbocycles. The van der Waals surface area contributed by atoms with E-state index in [1.807, 2.05) is 12.1 Å². The van der Waals surface area contributed by atoms with Crippen LogP contribution in [0.3, 0.4) is 0 Å². The predicted molar refractivity (Wildman–Crippen MR) is 85.7 cm³/mol. The summed E-state index contributed by atoms with van der Waals surface area (Å²) >= 11 is 0. The monoisotopic (exact) mass is 310 g/mol. The van der Waals surface area contributed by atoms with Gasteiger partial charge >= 0.3 is 0 Å². The second kappa shape index (κ2) is 6.90. The van der Waals surface area contributed by atoms with Gasteiger partial charge in [0.15, 0.2) is 0 Å². The van der Waals surface area contributed by atoms with Crippen molar-refractivity contribution in [2.45, 2.75) is 43.5 Å². The number of nitrogens with zero attached hydrogens (tertiary/aromatic N) is 1. The lowest BCUT2D eigenvalue weighted by Gasteiger charge is -2.26. The number of hydrogen-bond donors (Lipinski definition) is 1. The number of nitrogens with one attached hydrogen (secondary N) is 1. The number of sulfonamides is 1. The lowest BCUT2D eigenvalue weighted by Crippen LogP contribution is -2.24. The fraction of sp³-hybridized carbons (Fsp3) is 0.625. The van der Waals surface area contributed by atoms with Gasteiger partial charge in [0, 0.05) is 20.1 Å². The molecule has 0 aliphatic heterocycles. The molecule has 1 aromatic carbocycles. The highest BCUT2D eigenvalue weighted by atomic mass is 32.2. The molecule has 0 heterocycles. The molecule has 21 heavy (non-hydrogen) atoms. The van der Waals surface area contributed by atoms with Crippen LogP contribution in [0.15, 0.2) is 29.2 Å². The van der Waals surface area contributed by atoms with E-state index >= 15 is 0 Å². The first kappa shape index (κ1) is 16.5. The van der Waals surface area contributed by atoms with Crippen LogP contribution in [0, 0.1) is 5.92 Å². The topological polar surface area (TPSA) is 49.4 Å². The molecule has 0 aromatic heterocycles. The van der Waals surface area contributed by atoms with Crippen LogP contribution < -0.4 is 5.32 Å². The molecule has 5 heteroatoms. The number of benzene rings is 1. The van der Waals surface area contributed by atoms with E-state index in [0.717, 1.165) is 18.0 Å². The van der Waals surface area contributed by atoms with Crippen molar-refractivity contribution in [1.29, 1.82) is 0 Å². The predicted octanol–water partition coefficient (Wildman–Crippen LogP) is 2.78. The van der Waals surface area contributed by atoms with Crippen molar-refractivity contribution < 1.29 is 8.42 Å². The first-order valence-electron chi connectivity index (χ1n) is 7.67. The van der Waals surface area contributed by atoms with Gasteiger partial charge in [0.1, 0.15) is 0 Å². The Balaban J connectivity index is 1.91. The van der Waals surface area contributed by atoms with Crippen LogP contribution >= 0.6 is 0 Å². The van der Waals surface area contributed by atoms with Crippen molar-refractivity contribution in [3.8, 4) is 0 Å². The Morgan fingerprint density at radius 2 is 1.86 bits per heavy atom. The third kappa shape index (κ3) is 4.05. The van der Waals surface area contributed by atoms with E-state index in [1.54, 1.807) is 26.2 Å². The summed E-state index contributed by atoms with van der Waals surface area (Å²) in [4.78, 5) is 0.345. The molecule has 0 amide bonds. The molecule has 1 aliphatic carbocycles. The summed E-state index contributed by atoms with van der Waals surface area (Å²) in [6, 6.07) is 7.43. The summed E-state index contributed by atoms with van der Waals surface area (Å²) in [6.45, 7) is 3.15. The average molecular weight is 310 g/mol. The highest BCUT2D eigenvalue weighted by Crippen LogP contribution is 2.29. The fourth-order valence-corrected chi connectivity index (χ4v) is 3.44. The Morgan fingerprint density at radius 3 is 2.33 bits per heavy atom. The van der Waals surface area contributed by atoms with Crippen LogP contribution in [0.1, 0.15) is 44.2 Å². The van der Waals surface area contributed by atoms with Crippen molar-refractivity contribution in [2.24, 2.45) is 5.92 Å². The Hall–Kier alpha value is -0.910. The zero-order chi connectivity index (χ0) is 15.5. The molecule has 1 unspecified atom stereocenters. The minimum Gasteiger partial charge on any atom is -0.310 e. The van der Waals surface area contributed by atoms with Crippen molar-refractivity contribution in [3.05, 3.63) is 29.8 Å². The highest BCUT2D eigenvalue weighted by molar-refractivity contribution is 7.89. The largest absolute Gasteiger partial charge is 0.310 e. The molecule has 4 nitrogen and oxygen atoms in total. The Kier molecular flexibility index (Phi) is 5.41. The van der Waals surface area contributed by atoms with Gasteiger partial charge in [0.2, 0.25) is 10.0 Å². The van der Waals surface area contributed by atoms with E-state index in [2.05, 4.69) is 12.2 Å². The second-order valence-electron chi connectivity index (χ2n) is 6.12. The van der Waals surface area contributed by atoms with Crippen molar-refractivity contribution in [3.63, 3.8) is 0 Å². The molecule has 0 bridgehead atoms. The van der Waals surface area contributed by atoms with E-state index in [0.29, 0.717) is 4.90 Å². The van der Waals surface area contributed by atoms with Crippen LogP contribution in [0.2, 0.25) is 0 Å². The summed E-state index contributed by atoms with van der Waals surface area (Å²) < 4.78 is 25.3. The molecule has 1 fully saturated rings. The Labute approximate surface area is 128 Å². The second-order valence-corrected chi connectivity index (χ2v) is 8.27. The molecule has 1 N–H and O–H groups in total. The van der Waals surface area contributed by atoms with Gasteiger partial charge in [-0.2, -0.15) is 0 Å². The van der Waals surface area contributed by atoms with Crippen molar-refractivity contribution in [2.75, 3.05) is 20.6 Å². The first-order valence-corrected chi connectivity index (χ1v) is 9.11. The first-order chi connectivity index (χ1) is 9.91. The van der Waals surface area contributed by atoms with Gasteiger partial charge < -0.3 is 5.32 Å². The smallest absolute Gasteiger partial charge is 0.242 e. The molecule has 0 saturated heterocycles. The van der Waals surface area contributed by atoms with Gasteiger partial charge in [-0.1, -0.05) is 31.4 Å². The summed E-state index contributed by atoms with van der Waals surface area (Å²) in [6.07, 6.45) is 5.40. The SMILES string of the molecule is CC(NCCC1CCC1)c1ccc(S(=O)(=O)N(C)C)cc1. The van der Waals surface area contributed by atoms with Crippen LogP contribution in [-0.4, -0.2) is 33.4 Å². The average Bonchev–Trinajstić information content (AvgIpc) is 2.41. The molecule has 0 spiro atoms. The zero-order valence-corrected chi connectivity index (χ0v) is 14.0. The van der Waals surface area contributed by atoms with E-state index in [9.17, 15) is 8.42 Å². The number of rotatable bonds is 7. The Bertz CT molecular complexity index is 548. The summed E-state index contributed by atoms with van der Waals surface area (Å²) in [5, 5.41) is 3.52. The van der Waals surface area contributed by atoms with Crippen LogP contribution in [0.5, 0.6) is 0 Å². The van der Waals surface area contributed by atoms with Crippen molar-refractivity contribution in [1.82, 2.24) is 9.62 Å². The van der Waals surface area contributed by atoms with Gasteiger partial charge in [-0.25, -0.2) is 12.7 Å². The minimum atomic E-state index is -3.33. The van der Waals surface area contributed by atoms with Gasteiger partial charge in [0.25, 0.3) is 0 Å². The quantitative estimate of drug-likeness (QED) is 0.842. The van der Waals surface area contributed by atoms with Crippen molar-refractivity contribution >= 4 is 10.0 Å². The van der Waals surface area contributed by atoms with Crippen LogP contribution in [0.4, 0.5) is 0 Å². The maximum atomic E-state index is 12.0. The van der Waals surface area contributed by atoms with Crippen LogP contribution in [0.25, 0.3) is 0 Å². The number of hydrogen-bond acceptors (Lipinski definition) is 3. The molecular weight excluding hydrogens is 284 g/mol. The molecule has 2 rings (SSSR count). The maximum absolute atomic E-state index is 12.0. The molecule has 118 valence electrons. The third-order valence-electron chi connectivity index (χ3n) is 4.39. The summed E-state index contributed by atoms with van der Waals surface area (Å²) in [5.41, 5.74) is 1.13. The highest BCUT2D eigenvalue weighted by Gasteiger charge is 2.18. The molecule has 1 aliphatic rings. The maximum Gasteiger partial charge on any atom is 0.242 e. The van der Waals surface area contributed by atoms with Gasteiger partial charge in [0.05, 0.1) is 4.90 Å². The molecular formula is C16H26N2O2S. The van der Waals surface area contributed by atoms with Gasteiger partial charge in [-0.15, -0.1) is 0 Å². The molecule has 1 aromatic rings. The lowest BCUT2D eigenvalue weighted by atomic mass is 9.83. The summed E-state index contributed by atoms with van der Waals surface area (Å²) in [7, 11) is -0.231. The Morgan fingerprint density at radius 1 is 1.24 bits per heavy atom. The van der Waals surface area contributed by atoms with E-state index in [-0.39, 0.29) is 6.04 Å². The molecule has 1 atom stereocenters. The van der Waals surface area contributed by atoms with Gasteiger partial charge in [-0.05, 0) is 43.5 Å². The summed E-state index contributed by atoms with van der Waals surface area (Å²) in [5.74, 6) is 0.914. The standard InChI is InChI=1S/C16H26N2O2S/c1-13(17-12-11-14-5-4-6-14)15-7-9-16(10-8-15)21(19,20)18(2)3/h7-10,13-14,17H,4-6,11-12H2,1-3H3. The van der Waals surface area contributed by atoms with Gasteiger partial charge in [-0.3, -0.25) is 0 Å². The fourth-order valence-electron chi connectivity index (χ4n) is 2.54. The zero-order valence-electron chi connectivity index (χ0n) is 13.2. The third-order valence-corrected chi connectivity index (χ3v) is 6.22. The minimum absolute atomic E-state index is 0.251. The van der Waals surface area contributed by atoms with E-state index in [4.69, 9.17) is 0 Å². The molecule has 0 radical (unpaired) electrons. The van der Waals surface area contributed by atoms with E-state index < -0.39 is 10.0 Å². The lowest BCUT2D eigenvalue weighted by molar-refractivity contribution is 0.288.